The van der Waals surface area contributed by atoms with E-state index in [1.807, 2.05) is 0 Å². The number of halogens is 1. The predicted octanol–water partition coefficient (Wildman–Crippen LogP) is 2.02. The summed E-state index contributed by atoms with van der Waals surface area (Å²) in [5, 5.41) is 16.2. The molecule has 0 saturated carbocycles. The molecule has 0 amide bonds. The van der Waals surface area contributed by atoms with Crippen molar-refractivity contribution < 1.29 is 17.7 Å². The van der Waals surface area contributed by atoms with E-state index in [-0.39, 0.29) is 28.6 Å². The van der Waals surface area contributed by atoms with Gasteiger partial charge in [-0.15, -0.1) is 0 Å². The van der Waals surface area contributed by atoms with Crippen LogP contribution in [-0.4, -0.2) is 20.4 Å². The molecule has 23 heavy (non-hydrogen) atoms. The van der Waals surface area contributed by atoms with Gasteiger partial charge in [0.25, 0.3) is 5.69 Å². The van der Waals surface area contributed by atoms with E-state index in [9.17, 15) is 22.9 Å². The second-order valence-electron chi connectivity index (χ2n) is 4.94. The van der Waals surface area contributed by atoms with Crippen LogP contribution in [0.3, 0.4) is 0 Å². The van der Waals surface area contributed by atoms with Crippen LogP contribution in [0, 0.1) is 15.9 Å². The Morgan fingerprint density at radius 1 is 1.22 bits per heavy atom. The van der Waals surface area contributed by atoms with E-state index in [0.717, 1.165) is 11.6 Å². The Labute approximate surface area is 132 Å². The van der Waals surface area contributed by atoms with Crippen LogP contribution in [0.5, 0.6) is 0 Å². The number of primary sulfonamides is 1. The number of nitrogens with two attached hydrogens (primary N) is 1. The Morgan fingerprint density at radius 2 is 1.83 bits per heavy atom. The van der Waals surface area contributed by atoms with Gasteiger partial charge in [0.05, 0.1) is 9.82 Å². The Morgan fingerprint density at radius 3 is 2.35 bits per heavy atom. The number of rotatable bonds is 5. The summed E-state index contributed by atoms with van der Waals surface area (Å²) in [5.41, 5.74) is 0.603. The lowest BCUT2D eigenvalue weighted by molar-refractivity contribution is -0.384. The van der Waals surface area contributed by atoms with Crippen LogP contribution in [0.2, 0.25) is 0 Å². The molecule has 2 N–H and O–H groups in total. The molecule has 9 heteroatoms. The van der Waals surface area contributed by atoms with E-state index in [1.165, 1.54) is 24.3 Å². The van der Waals surface area contributed by atoms with Gasteiger partial charge in [-0.3, -0.25) is 10.1 Å². The number of sulfonamides is 1. The Balaban J connectivity index is 2.37. The highest BCUT2D eigenvalue weighted by Gasteiger charge is 2.21. The predicted molar refractivity (Wildman–Crippen MR) is 83.0 cm³/mol. The van der Waals surface area contributed by atoms with Crippen molar-refractivity contribution in [1.82, 2.24) is 0 Å². The first kappa shape index (κ1) is 16.8. The van der Waals surface area contributed by atoms with Crippen LogP contribution >= 0.6 is 0 Å². The molecule has 0 unspecified atom stereocenters. The average Bonchev–Trinajstić information content (AvgIpc) is 2.48. The molecule has 2 rings (SSSR count). The Bertz CT molecular complexity index is 838. The van der Waals surface area contributed by atoms with E-state index >= 15 is 0 Å². The van der Waals surface area contributed by atoms with Crippen LogP contribution in [0.15, 0.2) is 47.4 Å². The fourth-order valence-corrected chi connectivity index (χ4v) is 2.63. The first-order valence-corrected chi connectivity index (χ1v) is 8.00. The molecule has 7 nitrogen and oxygen atoms in total. The van der Waals surface area contributed by atoms with Crippen molar-refractivity contribution in [2.75, 3.05) is 11.9 Å². The molecule has 0 bridgehead atoms. The van der Waals surface area contributed by atoms with Crippen molar-refractivity contribution in [1.29, 1.82) is 0 Å². The van der Waals surface area contributed by atoms with Crippen LogP contribution < -0.4 is 10.0 Å². The summed E-state index contributed by atoms with van der Waals surface area (Å²) in [6.07, 6.45) is 0. The highest BCUT2D eigenvalue weighted by Crippen LogP contribution is 2.30. The van der Waals surface area contributed by atoms with E-state index in [0.29, 0.717) is 0 Å². The van der Waals surface area contributed by atoms with Crippen molar-refractivity contribution in [2.45, 2.75) is 11.4 Å². The summed E-state index contributed by atoms with van der Waals surface area (Å²) >= 11 is 0. The number of hydrogen-bond donors (Lipinski definition) is 1. The highest BCUT2D eigenvalue weighted by molar-refractivity contribution is 7.89. The molecular weight excluding hydrogens is 325 g/mol. The van der Waals surface area contributed by atoms with E-state index in [1.54, 1.807) is 24.1 Å². The summed E-state index contributed by atoms with van der Waals surface area (Å²) in [7, 11) is -2.42. The Kier molecular flexibility index (Phi) is 4.62. The summed E-state index contributed by atoms with van der Waals surface area (Å²) < 4.78 is 35.5. The SMILES string of the molecule is CN(Cc1ccc(F)cc1)c1ccc(S(N)(=O)=O)cc1[N+](=O)[O-]. The normalized spacial score (nSPS) is 11.3. The molecule has 122 valence electrons. The van der Waals surface area contributed by atoms with Gasteiger partial charge in [0.2, 0.25) is 10.0 Å². The maximum Gasteiger partial charge on any atom is 0.293 e. The van der Waals surface area contributed by atoms with Gasteiger partial charge in [0, 0.05) is 19.7 Å². The molecule has 0 aliphatic rings. The Hall–Kier alpha value is -2.52. The summed E-state index contributed by atoms with van der Waals surface area (Å²) in [4.78, 5) is 11.8. The monoisotopic (exact) mass is 339 g/mol. The number of nitro groups is 1. The third kappa shape index (κ3) is 4.02. The van der Waals surface area contributed by atoms with Crippen LogP contribution in [0.25, 0.3) is 0 Å². The quantitative estimate of drug-likeness (QED) is 0.662. The molecular formula is C14H14FN3O4S. The van der Waals surface area contributed by atoms with Gasteiger partial charge in [-0.2, -0.15) is 0 Å². The van der Waals surface area contributed by atoms with Gasteiger partial charge in [0.1, 0.15) is 11.5 Å². The molecule has 0 saturated heterocycles. The molecule has 0 fully saturated rings. The lowest BCUT2D eigenvalue weighted by Crippen LogP contribution is -2.19. The second kappa shape index (κ2) is 6.31. The second-order valence-corrected chi connectivity index (χ2v) is 6.50. The molecule has 0 aliphatic heterocycles. The number of nitro benzene ring substituents is 1. The van der Waals surface area contributed by atoms with E-state index in [2.05, 4.69) is 0 Å². The lowest BCUT2D eigenvalue weighted by atomic mass is 10.2. The minimum absolute atomic E-state index is 0.228. The molecule has 2 aromatic carbocycles. The van der Waals surface area contributed by atoms with Crippen LogP contribution in [0.1, 0.15) is 5.56 Å². The number of anilines is 1. The summed E-state index contributed by atoms with van der Waals surface area (Å²) in [6.45, 7) is 0.288. The van der Waals surface area contributed by atoms with Crippen molar-refractivity contribution in [3.8, 4) is 0 Å². The molecule has 0 atom stereocenters. The zero-order valence-corrected chi connectivity index (χ0v) is 13.0. The summed E-state index contributed by atoms with van der Waals surface area (Å²) in [6, 6.07) is 9.17. The van der Waals surface area contributed by atoms with Gasteiger partial charge in [0.15, 0.2) is 0 Å². The topological polar surface area (TPSA) is 107 Å². The van der Waals surface area contributed by atoms with Gasteiger partial charge >= 0.3 is 0 Å². The van der Waals surface area contributed by atoms with Crippen molar-refractivity contribution >= 4 is 21.4 Å². The van der Waals surface area contributed by atoms with Gasteiger partial charge in [-0.1, -0.05) is 12.1 Å². The van der Waals surface area contributed by atoms with E-state index < -0.39 is 14.9 Å². The number of hydrogen-bond acceptors (Lipinski definition) is 5. The third-order valence-corrected chi connectivity index (χ3v) is 4.13. The number of nitrogens with zero attached hydrogens (tertiary/aromatic N) is 2. The highest BCUT2D eigenvalue weighted by atomic mass is 32.2. The van der Waals surface area contributed by atoms with Crippen LogP contribution in [0.4, 0.5) is 15.8 Å². The minimum atomic E-state index is -4.03. The lowest BCUT2D eigenvalue weighted by Gasteiger charge is -2.19. The molecule has 2 aromatic rings. The van der Waals surface area contributed by atoms with E-state index in [4.69, 9.17) is 5.14 Å². The van der Waals surface area contributed by atoms with Gasteiger partial charge in [-0.25, -0.2) is 17.9 Å². The molecule has 0 aromatic heterocycles. The van der Waals surface area contributed by atoms with Crippen LogP contribution in [-0.2, 0) is 16.6 Å². The van der Waals surface area contributed by atoms with Crippen molar-refractivity contribution in [2.24, 2.45) is 5.14 Å². The minimum Gasteiger partial charge on any atom is -0.365 e. The zero-order chi connectivity index (χ0) is 17.2. The van der Waals surface area contributed by atoms with Gasteiger partial charge < -0.3 is 4.90 Å². The molecule has 0 aliphatic carbocycles. The maximum atomic E-state index is 12.9. The summed E-state index contributed by atoms with van der Waals surface area (Å²) in [5.74, 6) is -0.375. The first-order valence-electron chi connectivity index (χ1n) is 6.45. The van der Waals surface area contributed by atoms with Crippen molar-refractivity contribution in [3.63, 3.8) is 0 Å². The smallest absolute Gasteiger partial charge is 0.293 e. The zero-order valence-electron chi connectivity index (χ0n) is 12.1. The number of benzene rings is 2. The molecule has 0 heterocycles. The average molecular weight is 339 g/mol. The third-order valence-electron chi connectivity index (χ3n) is 3.22. The maximum absolute atomic E-state index is 12.9. The van der Waals surface area contributed by atoms with Crippen molar-refractivity contribution in [3.05, 3.63) is 64.0 Å². The fraction of sp³-hybridized carbons (Fsp3) is 0.143. The largest absolute Gasteiger partial charge is 0.365 e. The molecule has 0 radical (unpaired) electrons. The van der Waals surface area contributed by atoms with Gasteiger partial charge in [-0.05, 0) is 29.8 Å². The molecule has 0 spiro atoms. The standard InChI is InChI=1S/C14H14FN3O4S/c1-17(9-10-2-4-11(15)5-3-10)13-7-6-12(23(16,21)22)8-14(13)18(19)20/h2-8H,9H2,1H3,(H2,16,21,22). The first-order chi connectivity index (χ1) is 10.7. The fourth-order valence-electron chi connectivity index (χ4n) is 2.10.